The van der Waals surface area contributed by atoms with Crippen LogP contribution in [0.2, 0.25) is 0 Å². The minimum absolute atomic E-state index is 0.170. The molecule has 5 heteroatoms. The molecular formula is C18H16BrN3O. The number of benzene rings is 2. The molecule has 1 heterocycles. The molecule has 3 aromatic rings. The Bertz CT molecular complexity index is 870. The monoisotopic (exact) mass is 369 g/mol. The number of hydrogen-bond acceptors (Lipinski definition) is 2. The van der Waals surface area contributed by atoms with Crippen molar-refractivity contribution in [2.24, 2.45) is 7.05 Å². The molecule has 1 amide bonds. The molecule has 0 radical (unpaired) electrons. The molecule has 0 aliphatic heterocycles. The SMILES string of the molecule is Cc1ccccc1-c1cc(NC(=O)c2ccccc2Br)n(C)n1. The van der Waals surface area contributed by atoms with Gasteiger partial charge in [-0.3, -0.25) is 9.48 Å². The number of carbonyl (C=O) groups is 1. The van der Waals surface area contributed by atoms with E-state index in [9.17, 15) is 4.79 Å². The Balaban J connectivity index is 1.89. The number of nitrogens with zero attached hydrogens (tertiary/aromatic N) is 2. The number of carbonyl (C=O) groups excluding carboxylic acids is 1. The number of amides is 1. The van der Waals surface area contributed by atoms with Crippen LogP contribution in [0.15, 0.2) is 59.1 Å². The second kappa shape index (κ2) is 6.38. The van der Waals surface area contributed by atoms with Gasteiger partial charge in [0.25, 0.3) is 5.91 Å². The van der Waals surface area contributed by atoms with Gasteiger partial charge in [0.2, 0.25) is 0 Å². The predicted molar refractivity (Wildman–Crippen MR) is 95.5 cm³/mol. The summed E-state index contributed by atoms with van der Waals surface area (Å²) in [6.45, 7) is 2.04. The van der Waals surface area contributed by atoms with Crippen LogP contribution in [-0.4, -0.2) is 15.7 Å². The van der Waals surface area contributed by atoms with Crippen molar-refractivity contribution in [3.8, 4) is 11.3 Å². The summed E-state index contributed by atoms with van der Waals surface area (Å²) >= 11 is 3.40. The molecular weight excluding hydrogens is 354 g/mol. The van der Waals surface area contributed by atoms with Gasteiger partial charge in [-0.05, 0) is 40.5 Å². The Morgan fingerprint density at radius 2 is 1.83 bits per heavy atom. The van der Waals surface area contributed by atoms with Crippen LogP contribution in [0.5, 0.6) is 0 Å². The fourth-order valence-corrected chi connectivity index (χ4v) is 2.87. The Morgan fingerprint density at radius 3 is 2.57 bits per heavy atom. The third kappa shape index (κ3) is 3.19. The van der Waals surface area contributed by atoms with Crippen LogP contribution in [-0.2, 0) is 7.05 Å². The number of aromatic nitrogens is 2. The zero-order valence-corrected chi connectivity index (χ0v) is 14.5. The van der Waals surface area contributed by atoms with Gasteiger partial charge < -0.3 is 5.32 Å². The quantitative estimate of drug-likeness (QED) is 0.742. The smallest absolute Gasteiger partial charge is 0.257 e. The Kier molecular flexibility index (Phi) is 4.30. The van der Waals surface area contributed by atoms with E-state index in [4.69, 9.17) is 0 Å². The zero-order valence-electron chi connectivity index (χ0n) is 12.9. The highest BCUT2D eigenvalue weighted by atomic mass is 79.9. The van der Waals surface area contributed by atoms with Crippen molar-refractivity contribution < 1.29 is 4.79 Å². The van der Waals surface area contributed by atoms with E-state index in [-0.39, 0.29) is 5.91 Å². The molecule has 0 aliphatic rings. The molecule has 2 aromatic carbocycles. The van der Waals surface area contributed by atoms with Gasteiger partial charge >= 0.3 is 0 Å². The summed E-state index contributed by atoms with van der Waals surface area (Å²) in [5.74, 6) is 0.487. The number of rotatable bonds is 3. The first kappa shape index (κ1) is 15.5. The Morgan fingerprint density at radius 1 is 1.13 bits per heavy atom. The lowest BCUT2D eigenvalue weighted by Crippen LogP contribution is -2.14. The fourth-order valence-electron chi connectivity index (χ4n) is 2.41. The summed E-state index contributed by atoms with van der Waals surface area (Å²) in [4.78, 5) is 12.4. The van der Waals surface area contributed by atoms with Crippen LogP contribution >= 0.6 is 15.9 Å². The van der Waals surface area contributed by atoms with E-state index in [0.717, 1.165) is 21.3 Å². The van der Waals surface area contributed by atoms with Crippen molar-refractivity contribution in [3.63, 3.8) is 0 Å². The molecule has 1 N–H and O–H groups in total. The summed E-state index contributed by atoms with van der Waals surface area (Å²) in [5, 5.41) is 7.41. The largest absolute Gasteiger partial charge is 0.307 e. The van der Waals surface area contributed by atoms with Crippen LogP contribution in [0.4, 0.5) is 5.82 Å². The molecule has 0 saturated carbocycles. The van der Waals surface area contributed by atoms with E-state index in [1.54, 1.807) is 10.7 Å². The third-order valence-corrected chi connectivity index (χ3v) is 4.35. The summed E-state index contributed by atoms with van der Waals surface area (Å²) in [6, 6.07) is 17.3. The second-order valence-corrected chi connectivity index (χ2v) is 6.14. The van der Waals surface area contributed by atoms with E-state index in [1.165, 1.54) is 0 Å². The van der Waals surface area contributed by atoms with E-state index in [1.807, 2.05) is 62.5 Å². The van der Waals surface area contributed by atoms with Crippen LogP contribution in [0, 0.1) is 6.92 Å². The molecule has 116 valence electrons. The van der Waals surface area contributed by atoms with Crippen molar-refractivity contribution in [2.75, 3.05) is 5.32 Å². The van der Waals surface area contributed by atoms with Crippen LogP contribution < -0.4 is 5.32 Å². The van der Waals surface area contributed by atoms with Crippen LogP contribution in [0.25, 0.3) is 11.3 Å². The van der Waals surface area contributed by atoms with Crippen molar-refractivity contribution in [1.29, 1.82) is 0 Å². The number of aryl methyl sites for hydroxylation is 2. The minimum atomic E-state index is -0.170. The van der Waals surface area contributed by atoms with Gasteiger partial charge in [0, 0.05) is 23.2 Å². The van der Waals surface area contributed by atoms with Crippen molar-refractivity contribution in [2.45, 2.75) is 6.92 Å². The van der Waals surface area contributed by atoms with E-state index < -0.39 is 0 Å². The molecule has 23 heavy (non-hydrogen) atoms. The lowest BCUT2D eigenvalue weighted by Gasteiger charge is -2.06. The highest BCUT2D eigenvalue weighted by Gasteiger charge is 2.14. The molecule has 0 saturated heterocycles. The summed E-state index contributed by atoms with van der Waals surface area (Å²) in [6.07, 6.45) is 0. The highest BCUT2D eigenvalue weighted by Crippen LogP contribution is 2.25. The molecule has 0 spiro atoms. The predicted octanol–water partition coefficient (Wildman–Crippen LogP) is 4.41. The van der Waals surface area contributed by atoms with Crippen molar-refractivity contribution in [1.82, 2.24) is 9.78 Å². The average Bonchev–Trinajstić information content (AvgIpc) is 2.89. The van der Waals surface area contributed by atoms with Gasteiger partial charge in [0.05, 0.1) is 11.3 Å². The van der Waals surface area contributed by atoms with Gasteiger partial charge in [-0.1, -0.05) is 36.4 Å². The summed E-state index contributed by atoms with van der Waals surface area (Å²) in [5.41, 5.74) is 3.64. The third-order valence-electron chi connectivity index (χ3n) is 3.66. The Labute approximate surface area is 143 Å². The molecule has 0 aliphatic carbocycles. The normalized spacial score (nSPS) is 10.6. The minimum Gasteiger partial charge on any atom is -0.307 e. The maximum absolute atomic E-state index is 12.4. The maximum Gasteiger partial charge on any atom is 0.257 e. The number of nitrogens with one attached hydrogen (secondary N) is 1. The number of hydrogen-bond donors (Lipinski definition) is 1. The number of halogens is 1. The lowest BCUT2D eigenvalue weighted by atomic mass is 10.1. The van der Waals surface area contributed by atoms with Crippen LogP contribution in [0.1, 0.15) is 15.9 Å². The topological polar surface area (TPSA) is 46.9 Å². The molecule has 3 rings (SSSR count). The molecule has 0 bridgehead atoms. The first-order valence-electron chi connectivity index (χ1n) is 7.22. The Hall–Kier alpha value is -2.40. The van der Waals surface area contributed by atoms with Crippen molar-refractivity contribution >= 4 is 27.7 Å². The molecule has 4 nitrogen and oxygen atoms in total. The summed E-state index contributed by atoms with van der Waals surface area (Å²) < 4.78 is 2.44. The van der Waals surface area contributed by atoms with Gasteiger partial charge in [-0.2, -0.15) is 5.10 Å². The molecule has 0 atom stereocenters. The van der Waals surface area contributed by atoms with E-state index >= 15 is 0 Å². The lowest BCUT2D eigenvalue weighted by molar-refractivity contribution is 0.102. The summed E-state index contributed by atoms with van der Waals surface area (Å²) in [7, 11) is 1.82. The van der Waals surface area contributed by atoms with Gasteiger partial charge in [0.15, 0.2) is 0 Å². The molecule has 1 aromatic heterocycles. The van der Waals surface area contributed by atoms with Crippen molar-refractivity contribution in [3.05, 3.63) is 70.2 Å². The fraction of sp³-hybridized carbons (Fsp3) is 0.111. The van der Waals surface area contributed by atoms with E-state index in [0.29, 0.717) is 11.4 Å². The molecule has 0 fully saturated rings. The second-order valence-electron chi connectivity index (χ2n) is 5.29. The van der Waals surface area contributed by atoms with Gasteiger partial charge in [0.1, 0.15) is 5.82 Å². The average molecular weight is 370 g/mol. The molecule has 0 unspecified atom stereocenters. The zero-order chi connectivity index (χ0) is 16.4. The first-order chi connectivity index (χ1) is 11.1. The van der Waals surface area contributed by atoms with Gasteiger partial charge in [-0.15, -0.1) is 0 Å². The standard InChI is InChI=1S/C18H16BrN3O/c1-12-7-3-4-8-13(12)16-11-17(22(2)21-16)20-18(23)14-9-5-6-10-15(14)19/h3-11H,1-2H3,(H,20,23). The number of anilines is 1. The first-order valence-corrected chi connectivity index (χ1v) is 8.01. The highest BCUT2D eigenvalue weighted by molar-refractivity contribution is 9.10. The maximum atomic E-state index is 12.4. The van der Waals surface area contributed by atoms with E-state index in [2.05, 4.69) is 26.3 Å². The van der Waals surface area contributed by atoms with Crippen LogP contribution in [0.3, 0.4) is 0 Å². The van der Waals surface area contributed by atoms with Gasteiger partial charge in [-0.25, -0.2) is 0 Å².